The van der Waals surface area contributed by atoms with Crippen molar-refractivity contribution < 1.29 is 14.0 Å². The second kappa shape index (κ2) is 9.03. The zero-order chi connectivity index (χ0) is 22.8. The summed E-state index contributed by atoms with van der Waals surface area (Å²) in [5.74, 6) is 0.513. The van der Waals surface area contributed by atoms with Gasteiger partial charge < -0.3 is 19.2 Å². The number of carbonyl (C=O) groups is 2. The number of anilines is 1. The molecule has 0 spiro atoms. The number of carbonyl (C=O) groups excluding carboxylic acids is 2. The molecule has 4 aromatic rings. The van der Waals surface area contributed by atoms with E-state index in [2.05, 4.69) is 10.3 Å². The molecule has 0 radical (unpaired) electrons. The molecule has 8 nitrogen and oxygen atoms in total. The van der Waals surface area contributed by atoms with Gasteiger partial charge in [0.25, 0.3) is 5.91 Å². The monoisotopic (exact) mass is 461 g/mol. The summed E-state index contributed by atoms with van der Waals surface area (Å²) < 4.78 is 7.20. The maximum Gasteiger partial charge on any atom is 0.290 e. The topological polar surface area (TPSA) is 93.3 Å². The molecule has 2 amide bonds. The Morgan fingerprint density at radius 2 is 2.00 bits per heavy atom. The number of hydrogen-bond donors (Lipinski definition) is 1. The number of aryl methyl sites for hydroxylation is 1. The van der Waals surface area contributed by atoms with Crippen LogP contribution in [0.2, 0.25) is 0 Å². The number of nitrogens with zero attached hydrogens (tertiary/aromatic N) is 4. The molecule has 1 aliphatic heterocycles. The van der Waals surface area contributed by atoms with Crippen molar-refractivity contribution in [3.05, 3.63) is 66.9 Å². The molecular formula is C24H23N5O3S. The molecule has 1 saturated heterocycles. The molecule has 1 unspecified atom stereocenters. The molecule has 5 rings (SSSR count). The van der Waals surface area contributed by atoms with Crippen molar-refractivity contribution in [1.82, 2.24) is 19.4 Å². The van der Waals surface area contributed by atoms with Crippen molar-refractivity contribution in [3.8, 4) is 22.0 Å². The standard InChI is InChI=1S/C24H23N5O3S/c1-28-14-12-25-21(28)20-19(16-8-3-2-4-9-16)26-24(33-20)27-22(30)17-10-5-6-13-29(17)23(31)18-11-7-15-32-18/h2-4,7-9,11-12,14-15,17H,5-6,10,13H2,1H3,(H,26,27,30). The SMILES string of the molecule is Cn1ccnc1-c1sc(NC(=O)C2CCCCN2C(=O)c2ccco2)nc1-c1ccccc1. The molecule has 3 aromatic heterocycles. The smallest absolute Gasteiger partial charge is 0.290 e. The van der Waals surface area contributed by atoms with Crippen molar-refractivity contribution in [3.63, 3.8) is 0 Å². The summed E-state index contributed by atoms with van der Waals surface area (Å²) in [7, 11) is 1.93. The number of thiazole rings is 1. The highest BCUT2D eigenvalue weighted by Crippen LogP contribution is 2.38. The molecule has 168 valence electrons. The normalized spacial score (nSPS) is 16.0. The number of hydrogen-bond acceptors (Lipinski definition) is 6. The minimum atomic E-state index is -0.572. The van der Waals surface area contributed by atoms with Crippen LogP contribution in [0.15, 0.2) is 65.5 Å². The predicted octanol–water partition coefficient (Wildman–Crippen LogP) is 4.44. The summed E-state index contributed by atoms with van der Waals surface area (Å²) in [5, 5.41) is 3.44. The van der Waals surface area contributed by atoms with Crippen LogP contribution in [0.4, 0.5) is 5.13 Å². The highest BCUT2D eigenvalue weighted by atomic mass is 32.1. The fourth-order valence-corrected chi connectivity index (χ4v) is 5.11. The maximum atomic E-state index is 13.3. The average Bonchev–Trinajstić information content (AvgIpc) is 3.60. The van der Waals surface area contributed by atoms with E-state index in [4.69, 9.17) is 9.40 Å². The first-order chi connectivity index (χ1) is 16.1. The summed E-state index contributed by atoms with van der Waals surface area (Å²) in [4.78, 5) is 37.9. The summed E-state index contributed by atoms with van der Waals surface area (Å²) in [6, 6.07) is 12.6. The van der Waals surface area contributed by atoms with Crippen LogP contribution < -0.4 is 5.32 Å². The molecule has 0 bridgehead atoms. The summed E-state index contributed by atoms with van der Waals surface area (Å²) in [5.41, 5.74) is 1.71. The van der Waals surface area contributed by atoms with Gasteiger partial charge in [0.2, 0.25) is 5.91 Å². The van der Waals surface area contributed by atoms with Gasteiger partial charge in [-0.05, 0) is 31.4 Å². The minimum absolute atomic E-state index is 0.241. The first-order valence-electron chi connectivity index (χ1n) is 10.8. The highest BCUT2D eigenvalue weighted by molar-refractivity contribution is 7.19. The van der Waals surface area contributed by atoms with Crippen LogP contribution >= 0.6 is 11.3 Å². The van der Waals surface area contributed by atoms with Gasteiger partial charge in [-0.25, -0.2) is 9.97 Å². The maximum absolute atomic E-state index is 13.3. The van der Waals surface area contributed by atoms with Crippen LogP contribution in [-0.4, -0.2) is 43.8 Å². The fraction of sp³-hybridized carbons (Fsp3) is 0.250. The Morgan fingerprint density at radius 1 is 1.15 bits per heavy atom. The van der Waals surface area contributed by atoms with Crippen LogP contribution in [0.5, 0.6) is 0 Å². The third-order valence-corrected chi connectivity index (χ3v) is 6.69. The van der Waals surface area contributed by atoms with E-state index in [1.54, 1.807) is 23.2 Å². The number of amides is 2. The van der Waals surface area contributed by atoms with Gasteiger partial charge in [0.15, 0.2) is 16.7 Å². The van der Waals surface area contributed by atoms with Crippen molar-refractivity contribution in [2.24, 2.45) is 7.05 Å². The molecule has 9 heteroatoms. The van der Waals surface area contributed by atoms with Gasteiger partial charge in [-0.15, -0.1) is 0 Å². The van der Waals surface area contributed by atoms with Gasteiger partial charge in [0, 0.05) is 31.5 Å². The van der Waals surface area contributed by atoms with Gasteiger partial charge in [-0.3, -0.25) is 9.59 Å². The molecular weight excluding hydrogens is 438 g/mol. The average molecular weight is 462 g/mol. The largest absolute Gasteiger partial charge is 0.459 e. The second-order valence-corrected chi connectivity index (χ2v) is 8.90. The van der Waals surface area contributed by atoms with Crippen molar-refractivity contribution >= 4 is 28.3 Å². The van der Waals surface area contributed by atoms with Crippen molar-refractivity contribution in [1.29, 1.82) is 0 Å². The predicted molar refractivity (Wildman–Crippen MR) is 126 cm³/mol. The lowest BCUT2D eigenvalue weighted by molar-refractivity contribution is -0.121. The zero-order valence-corrected chi connectivity index (χ0v) is 18.9. The Hall–Kier alpha value is -3.72. The van der Waals surface area contributed by atoms with E-state index in [9.17, 15) is 9.59 Å². The molecule has 1 N–H and O–H groups in total. The summed E-state index contributed by atoms with van der Waals surface area (Å²) >= 11 is 1.38. The number of imidazole rings is 1. The molecule has 1 aliphatic rings. The zero-order valence-electron chi connectivity index (χ0n) is 18.1. The quantitative estimate of drug-likeness (QED) is 0.474. The number of furan rings is 1. The first kappa shape index (κ1) is 21.1. The molecule has 0 saturated carbocycles. The number of benzene rings is 1. The van der Waals surface area contributed by atoms with E-state index < -0.39 is 6.04 Å². The Labute approximate surface area is 194 Å². The van der Waals surface area contributed by atoms with Crippen molar-refractivity contribution in [2.75, 3.05) is 11.9 Å². The number of likely N-dealkylation sites (tertiary alicyclic amines) is 1. The van der Waals surface area contributed by atoms with Gasteiger partial charge in [-0.2, -0.15) is 0 Å². The van der Waals surface area contributed by atoms with Crippen molar-refractivity contribution in [2.45, 2.75) is 25.3 Å². The van der Waals surface area contributed by atoms with E-state index in [-0.39, 0.29) is 17.6 Å². The number of rotatable bonds is 5. The van der Waals surface area contributed by atoms with Gasteiger partial charge in [-0.1, -0.05) is 41.7 Å². The number of nitrogens with one attached hydrogen (secondary N) is 1. The van der Waals surface area contributed by atoms with Crippen LogP contribution in [0.25, 0.3) is 22.0 Å². The lowest BCUT2D eigenvalue weighted by atomic mass is 10.0. The van der Waals surface area contributed by atoms with Crippen LogP contribution in [0, 0.1) is 0 Å². The number of piperidine rings is 1. The van der Waals surface area contributed by atoms with Crippen LogP contribution in [0.1, 0.15) is 29.8 Å². The molecule has 1 aromatic carbocycles. The van der Waals surface area contributed by atoms with E-state index in [1.165, 1.54) is 17.6 Å². The first-order valence-corrected chi connectivity index (χ1v) is 11.6. The Balaban J connectivity index is 1.44. The summed E-state index contributed by atoms with van der Waals surface area (Å²) in [6.45, 7) is 0.517. The third kappa shape index (κ3) is 4.19. The Morgan fingerprint density at radius 3 is 2.73 bits per heavy atom. The van der Waals surface area contributed by atoms with E-state index in [1.807, 2.05) is 48.1 Å². The third-order valence-electron chi connectivity index (χ3n) is 5.73. The van der Waals surface area contributed by atoms with E-state index in [0.717, 1.165) is 34.8 Å². The fourth-order valence-electron chi connectivity index (χ4n) is 4.08. The van der Waals surface area contributed by atoms with E-state index >= 15 is 0 Å². The Kier molecular flexibility index (Phi) is 5.78. The Bertz CT molecular complexity index is 1260. The summed E-state index contributed by atoms with van der Waals surface area (Å²) in [6.07, 6.45) is 7.42. The highest BCUT2D eigenvalue weighted by Gasteiger charge is 2.34. The second-order valence-electron chi connectivity index (χ2n) is 7.90. The van der Waals surface area contributed by atoms with Gasteiger partial charge in [0.1, 0.15) is 6.04 Å². The molecule has 1 atom stereocenters. The van der Waals surface area contributed by atoms with Gasteiger partial charge >= 0.3 is 0 Å². The van der Waals surface area contributed by atoms with E-state index in [0.29, 0.717) is 18.1 Å². The molecule has 33 heavy (non-hydrogen) atoms. The molecule has 0 aliphatic carbocycles. The lowest BCUT2D eigenvalue weighted by Crippen LogP contribution is -2.49. The number of aromatic nitrogens is 3. The minimum Gasteiger partial charge on any atom is -0.459 e. The molecule has 4 heterocycles. The van der Waals surface area contributed by atoms with Crippen LogP contribution in [0.3, 0.4) is 0 Å². The molecule has 1 fully saturated rings. The lowest BCUT2D eigenvalue weighted by Gasteiger charge is -2.33. The van der Waals surface area contributed by atoms with Crippen LogP contribution in [-0.2, 0) is 11.8 Å². The van der Waals surface area contributed by atoms with Gasteiger partial charge in [0.05, 0.1) is 16.8 Å².